The molecule has 0 unspecified atom stereocenters. The third-order valence-corrected chi connectivity index (χ3v) is 5.58. The summed E-state index contributed by atoms with van der Waals surface area (Å²) in [6.07, 6.45) is 1.41. The maximum Gasteiger partial charge on any atom is 0.241 e. The lowest BCUT2D eigenvalue weighted by Gasteiger charge is -2.28. The molecule has 0 atom stereocenters. The summed E-state index contributed by atoms with van der Waals surface area (Å²) in [6, 6.07) is 2.98. The van der Waals surface area contributed by atoms with E-state index < -0.39 is 15.6 Å². The van der Waals surface area contributed by atoms with Gasteiger partial charge in [-0.1, -0.05) is 25.4 Å². The third-order valence-electron chi connectivity index (χ3n) is 3.60. The highest BCUT2D eigenvalue weighted by Crippen LogP contribution is 2.27. The molecule has 4 nitrogen and oxygen atoms in total. The molecule has 0 radical (unpaired) electrons. The Hall–Kier alpha value is -0.780. The lowest BCUT2D eigenvalue weighted by Crippen LogP contribution is -2.45. The molecule has 108 valence electrons. The summed E-state index contributed by atoms with van der Waals surface area (Å²) in [5, 5.41) is 0.318. The summed E-state index contributed by atoms with van der Waals surface area (Å²) in [5.74, 6) is 0. The largest absolute Gasteiger partial charge is 0.398 e. The quantitative estimate of drug-likeness (QED) is 0.821. The maximum absolute atomic E-state index is 12.5. The van der Waals surface area contributed by atoms with E-state index in [1.165, 1.54) is 6.07 Å². The van der Waals surface area contributed by atoms with Crippen molar-refractivity contribution < 1.29 is 8.42 Å². The molecule has 1 aromatic carbocycles. The maximum atomic E-state index is 12.5. The van der Waals surface area contributed by atoms with Crippen molar-refractivity contribution in [2.75, 3.05) is 5.73 Å². The molecule has 0 aliphatic rings. The van der Waals surface area contributed by atoms with Crippen LogP contribution in [0.3, 0.4) is 0 Å². The number of hydrogen-bond donors (Lipinski definition) is 2. The lowest BCUT2D eigenvalue weighted by atomic mass is 9.98. The van der Waals surface area contributed by atoms with Gasteiger partial charge in [0, 0.05) is 16.2 Å². The van der Waals surface area contributed by atoms with Crippen molar-refractivity contribution in [1.29, 1.82) is 0 Å². The molecule has 6 heteroatoms. The van der Waals surface area contributed by atoms with Gasteiger partial charge < -0.3 is 5.73 Å². The topological polar surface area (TPSA) is 72.2 Å². The average Bonchev–Trinajstić information content (AvgIpc) is 2.32. The number of hydrogen-bond acceptors (Lipinski definition) is 3. The standard InChI is InChI=1S/C13H21ClN2O2S/c1-5-13(4,6-2)16-19(17,18)12-8-10(14)7-11(15)9(12)3/h7-8,16H,5-6,15H2,1-4H3. The Morgan fingerprint density at radius 2 is 1.84 bits per heavy atom. The fourth-order valence-corrected chi connectivity index (χ4v) is 3.87. The molecule has 0 heterocycles. The van der Waals surface area contributed by atoms with Crippen LogP contribution < -0.4 is 10.5 Å². The molecule has 0 amide bonds. The van der Waals surface area contributed by atoms with E-state index in [-0.39, 0.29) is 4.90 Å². The zero-order chi connectivity index (χ0) is 14.8. The van der Waals surface area contributed by atoms with Crippen LogP contribution in [0.15, 0.2) is 17.0 Å². The van der Waals surface area contributed by atoms with Gasteiger partial charge in [0.25, 0.3) is 0 Å². The van der Waals surface area contributed by atoms with Crippen molar-refractivity contribution in [3.8, 4) is 0 Å². The molecule has 0 saturated heterocycles. The van der Waals surface area contributed by atoms with Gasteiger partial charge in [-0.25, -0.2) is 13.1 Å². The van der Waals surface area contributed by atoms with E-state index in [1.54, 1.807) is 13.0 Å². The highest BCUT2D eigenvalue weighted by molar-refractivity contribution is 7.89. The first-order chi connectivity index (χ1) is 8.65. The average molecular weight is 305 g/mol. The van der Waals surface area contributed by atoms with Gasteiger partial charge in [-0.05, 0) is 44.4 Å². The van der Waals surface area contributed by atoms with Crippen LogP contribution in [0.25, 0.3) is 0 Å². The first-order valence-corrected chi connectivity index (χ1v) is 8.11. The van der Waals surface area contributed by atoms with Gasteiger partial charge in [0.15, 0.2) is 0 Å². The Morgan fingerprint density at radius 1 is 1.32 bits per heavy atom. The van der Waals surface area contributed by atoms with Crippen molar-refractivity contribution in [2.24, 2.45) is 0 Å². The zero-order valence-electron chi connectivity index (χ0n) is 11.7. The number of benzene rings is 1. The van der Waals surface area contributed by atoms with Gasteiger partial charge in [0.2, 0.25) is 10.0 Å². The number of halogens is 1. The first kappa shape index (κ1) is 16.3. The zero-order valence-corrected chi connectivity index (χ0v) is 13.3. The fraction of sp³-hybridized carbons (Fsp3) is 0.538. The summed E-state index contributed by atoms with van der Waals surface area (Å²) in [5.41, 5.74) is 6.20. The second-order valence-corrected chi connectivity index (χ2v) is 7.08. The van der Waals surface area contributed by atoms with Crippen molar-refractivity contribution >= 4 is 27.3 Å². The Labute approximate surface area is 120 Å². The summed E-state index contributed by atoms with van der Waals surface area (Å²) < 4.78 is 27.7. The van der Waals surface area contributed by atoms with Gasteiger partial charge in [0.05, 0.1) is 4.90 Å². The summed E-state index contributed by atoms with van der Waals surface area (Å²) in [6.45, 7) is 7.46. The van der Waals surface area contributed by atoms with Crippen LogP contribution >= 0.6 is 11.6 Å². The molecular weight excluding hydrogens is 284 g/mol. The Balaban J connectivity index is 3.29. The molecule has 1 rings (SSSR count). The molecule has 0 saturated carbocycles. The van der Waals surface area contributed by atoms with E-state index in [0.717, 1.165) is 0 Å². The van der Waals surface area contributed by atoms with E-state index in [2.05, 4.69) is 4.72 Å². The predicted molar refractivity (Wildman–Crippen MR) is 79.9 cm³/mol. The van der Waals surface area contributed by atoms with Crippen LogP contribution in [0.4, 0.5) is 5.69 Å². The number of anilines is 1. The van der Waals surface area contributed by atoms with Gasteiger partial charge in [-0.15, -0.1) is 0 Å². The number of nitrogens with one attached hydrogen (secondary N) is 1. The van der Waals surface area contributed by atoms with Crippen LogP contribution in [0.2, 0.25) is 5.02 Å². The highest BCUT2D eigenvalue weighted by atomic mass is 35.5. The van der Waals surface area contributed by atoms with Crippen LogP contribution in [-0.2, 0) is 10.0 Å². The lowest BCUT2D eigenvalue weighted by molar-refractivity contribution is 0.388. The number of nitrogens with two attached hydrogens (primary N) is 1. The van der Waals surface area contributed by atoms with Crippen molar-refractivity contribution in [2.45, 2.75) is 51.0 Å². The second-order valence-electron chi connectivity index (χ2n) is 4.99. The summed E-state index contributed by atoms with van der Waals surface area (Å²) in [7, 11) is -3.63. The minimum Gasteiger partial charge on any atom is -0.398 e. The predicted octanol–water partition coefficient (Wildman–Crippen LogP) is 3.09. The van der Waals surface area contributed by atoms with Crippen LogP contribution in [0.5, 0.6) is 0 Å². The van der Waals surface area contributed by atoms with E-state index in [0.29, 0.717) is 29.1 Å². The fourth-order valence-electron chi connectivity index (χ4n) is 1.73. The normalized spacial score (nSPS) is 12.7. The summed E-state index contributed by atoms with van der Waals surface area (Å²) >= 11 is 5.89. The Bertz CT molecular complexity index is 566. The minimum absolute atomic E-state index is 0.144. The molecule has 0 aromatic heterocycles. The van der Waals surface area contributed by atoms with E-state index in [4.69, 9.17) is 17.3 Å². The second kappa shape index (κ2) is 5.69. The molecule has 19 heavy (non-hydrogen) atoms. The highest BCUT2D eigenvalue weighted by Gasteiger charge is 2.29. The minimum atomic E-state index is -3.63. The van der Waals surface area contributed by atoms with Gasteiger partial charge in [-0.2, -0.15) is 0 Å². The van der Waals surface area contributed by atoms with E-state index in [1.807, 2.05) is 20.8 Å². The van der Waals surface area contributed by atoms with Crippen LogP contribution in [0, 0.1) is 6.92 Å². The van der Waals surface area contributed by atoms with Gasteiger partial charge in [-0.3, -0.25) is 0 Å². The van der Waals surface area contributed by atoms with Crippen molar-refractivity contribution in [1.82, 2.24) is 4.72 Å². The molecule has 3 N–H and O–H groups in total. The molecule has 0 fully saturated rings. The number of rotatable bonds is 5. The van der Waals surface area contributed by atoms with Crippen LogP contribution in [0.1, 0.15) is 39.2 Å². The molecule has 0 spiro atoms. The number of nitrogen functional groups attached to an aromatic ring is 1. The molecule has 0 bridgehead atoms. The molecule has 0 aliphatic heterocycles. The molecular formula is C13H21ClN2O2S. The molecule has 0 aliphatic carbocycles. The first-order valence-electron chi connectivity index (χ1n) is 6.25. The number of sulfonamides is 1. The van der Waals surface area contributed by atoms with Crippen LogP contribution in [-0.4, -0.2) is 14.0 Å². The van der Waals surface area contributed by atoms with Gasteiger partial charge in [0.1, 0.15) is 0 Å². The smallest absolute Gasteiger partial charge is 0.241 e. The SMILES string of the molecule is CCC(C)(CC)NS(=O)(=O)c1cc(Cl)cc(N)c1C. The third kappa shape index (κ3) is 3.61. The van der Waals surface area contributed by atoms with Crippen molar-refractivity contribution in [3.05, 3.63) is 22.7 Å². The Morgan fingerprint density at radius 3 is 2.32 bits per heavy atom. The van der Waals surface area contributed by atoms with Crippen molar-refractivity contribution in [3.63, 3.8) is 0 Å². The van der Waals surface area contributed by atoms with E-state index >= 15 is 0 Å². The Kier molecular flexibility index (Phi) is 4.87. The monoisotopic (exact) mass is 304 g/mol. The summed E-state index contributed by atoms with van der Waals surface area (Å²) in [4.78, 5) is 0.144. The molecule has 1 aromatic rings. The van der Waals surface area contributed by atoms with Gasteiger partial charge >= 0.3 is 0 Å². The van der Waals surface area contributed by atoms with E-state index in [9.17, 15) is 8.42 Å².